The molecule has 11 N–H and O–H groups in total. The number of aliphatic carboxylic acids is 3. The van der Waals surface area contributed by atoms with Gasteiger partial charge in [0.1, 0.15) is 5.01 Å². The van der Waals surface area contributed by atoms with E-state index in [1.165, 1.54) is 30.6 Å². The third-order valence-electron chi connectivity index (χ3n) is 4.20. The number of urea groups is 1. The van der Waals surface area contributed by atoms with Crippen LogP contribution in [0.3, 0.4) is 0 Å². The zero-order chi connectivity index (χ0) is 36.6. The number of aryl methyl sites for hydroxylation is 1. The van der Waals surface area contributed by atoms with Crippen molar-refractivity contribution in [1.82, 2.24) is 20.8 Å². The number of nitrogens with two attached hydrogens (primary N) is 3. The standard InChI is InChI=1S/C15H30N8OS.3C2HF3O2/c16-9-5-3-1-2-4-6-10-20-15(24)21-13(17)19-11-7-8-12-22-23-14(18)25-12;3*3-2(4,5)1(6)7/h1-11,16H2,(H2,18,23)(H4,17,19,20,21,24);3*(H,6,7). The number of nitrogens with zero attached hydrogens (tertiary/aromatic N) is 3. The van der Waals surface area contributed by atoms with Crippen molar-refractivity contribution in [1.29, 1.82) is 0 Å². The number of guanidine groups is 1. The van der Waals surface area contributed by atoms with E-state index in [2.05, 4.69) is 25.8 Å². The van der Waals surface area contributed by atoms with Gasteiger partial charge in [-0.25, -0.2) is 19.2 Å². The summed E-state index contributed by atoms with van der Waals surface area (Å²) in [5, 5.41) is 35.7. The average Bonchev–Trinajstić information content (AvgIpc) is 3.32. The lowest BCUT2D eigenvalue weighted by atomic mass is 10.1. The Morgan fingerprint density at radius 3 is 1.52 bits per heavy atom. The fourth-order valence-electron chi connectivity index (χ4n) is 2.18. The molecular weight excluding hydrogens is 679 g/mol. The highest BCUT2D eigenvalue weighted by Crippen LogP contribution is 2.15. The van der Waals surface area contributed by atoms with Crippen molar-refractivity contribution in [2.24, 2.45) is 16.5 Å². The van der Waals surface area contributed by atoms with Crippen LogP contribution in [0.5, 0.6) is 0 Å². The first kappa shape index (κ1) is 46.3. The molecule has 2 amide bonds. The SMILES string of the molecule is NCCCCCCCCNC(=O)NC(N)=NCCCc1nnc(N)s1.O=C(O)C(F)(F)F.O=C(O)C(F)(F)F.O=C(O)C(F)(F)F. The zero-order valence-electron chi connectivity index (χ0n) is 23.6. The number of anilines is 1. The molecule has 25 heteroatoms. The number of halogens is 9. The molecule has 0 aliphatic heterocycles. The summed E-state index contributed by atoms with van der Waals surface area (Å²) < 4.78 is 95.2. The summed E-state index contributed by atoms with van der Waals surface area (Å²) in [5.41, 5.74) is 16.6. The first-order chi connectivity index (χ1) is 20.9. The molecule has 0 saturated carbocycles. The van der Waals surface area contributed by atoms with Gasteiger partial charge in [0.15, 0.2) is 5.96 Å². The van der Waals surface area contributed by atoms with Crippen LogP contribution >= 0.6 is 11.3 Å². The molecule has 0 aromatic carbocycles. The van der Waals surface area contributed by atoms with Crippen molar-refractivity contribution in [3.05, 3.63) is 5.01 Å². The van der Waals surface area contributed by atoms with Crippen LogP contribution < -0.4 is 27.8 Å². The lowest BCUT2D eigenvalue weighted by Gasteiger charge is -2.07. The van der Waals surface area contributed by atoms with E-state index in [-0.39, 0.29) is 12.0 Å². The van der Waals surface area contributed by atoms with Crippen LogP contribution in [0.1, 0.15) is 50.0 Å². The van der Waals surface area contributed by atoms with Gasteiger partial charge in [-0.1, -0.05) is 37.0 Å². The molecule has 0 saturated heterocycles. The molecule has 0 spiro atoms. The van der Waals surface area contributed by atoms with Crippen LogP contribution in [-0.4, -0.2) is 93.6 Å². The van der Waals surface area contributed by atoms with Crippen LogP contribution in [0, 0.1) is 0 Å². The number of carboxylic acid groups (broad SMARTS) is 3. The Morgan fingerprint density at radius 1 is 0.739 bits per heavy atom. The van der Waals surface area contributed by atoms with Gasteiger partial charge in [0.2, 0.25) is 5.13 Å². The Balaban J connectivity index is -0.000000710. The predicted octanol–water partition coefficient (Wildman–Crippen LogP) is 2.87. The second-order valence-corrected chi connectivity index (χ2v) is 9.20. The molecule has 15 nitrogen and oxygen atoms in total. The van der Waals surface area contributed by atoms with Crippen LogP contribution in [0.15, 0.2) is 4.99 Å². The van der Waals surface area contributed by atoms with Crippen molar-refractivity contribution in [2.75, 3.05) is 25.4 Å². The molecule has 0 aliphatic rings. The van der Waals surface area contributed by atoms with Crippen LogP contribution in [0.25, 0.3) is 0 Å². The molecular formula is C21H33F9N8O7S. The van der Waals surface area contributed by atoms with Crippen molar-refractivity contribution in [3.8, 4) is 0 Å². The number of aromatic nitrogens is 2. The summed E-state index contributed by atoms with van der Waals surface area (Å²) in [6, 6.07) is -0.318. The topological polar surface area (TPSA) is 269 Å². The Morgan fingerprint density at radius 2 is 1.15 bits per heavy atom. The number of hydrogen-bond donors (Lipinski definition) is 8. The number of rotatable bonds is 12. The molecule has 1 aromatic rings. The van der Waals surface area contributed by atoms with Crippen molar-refractivity contribution in [3.63, 3.8) is 0 Å². The molecule has 0 bridgehead atoms. The molecule has 1 aromatic heterocycles. The molecule has 0 atom stereocenters. The highest BCUT2D eigenvalue weighted by atomic mass is 32.1. The Labute approximate surface area is 258 Å². The summed E-state index contributed by atoms with van der Waals surface area (Å²) in [7, 11) is 0. The fraction of sp³-hybridized carbons (Fsp3) is 0.667. The number of amides is 2. The van der Waals surface area contributed by atoms with Gasteiger partial charge in [0, 0.05) is 19.5 Å². The number of nitrogen functional groups attached to an aromatic ring is 1. The smallest absolute Gasteiger partial charge is 0.475 e. The van der Waals surface area contributed by atoms with Crippen LogP contribution in [0.2, 0.25) is 0 Å². The number of aliphatic imine (C=N–C) groups is 1. The maximum Gasteiger partial charge on any atom is 0.490 e. The number of unbranched alkanes of at least 4 members (excludes halogenated alkanes) is 5. The van der Waals surface area contributed by atoms with Gasteiger partial charge in [-0.15, -0.1) is 10.2 Å². The number of carboxylic acids is 3. The molecule has 268 valence electrons. The summed E-state index contributed by atoms with van der Waals surface area (Å²) in [4.78, 5) is 42.5. The normalized spacial score (nSPS) is 11.4. The van der Waals surface area contributed by atoms with Gasteiger partial charge in [0.05, 0.1) is 0 Å². The van der Waals surface area contributed by atoms with E-state index in [1.54, 1.807) is 0 Å². The number of carbonyl (C=O) groups excluding carboxylic acids is 1. The van der Waals surface area contributed by atoms with Gasteiger partial charge >= 0.3 is 42.5 Å². The predicted molar refractivity (Wildman–Crippen MR) is 143 cm³/mol. The van der Waals surface area contributed by atoms with Gasteiger partial charge in [0.25, 0.3) is 0 Å². The van der Waals surface area contributed by atoms with E-state index in [1.807, 2.05) is 0 Å². The number of nitrogens with one attached hydrogen (secondary N) is 2. The molecule has 0 unspecified atom stereocenters. The minimum absolute atomic E-state index is 0.121. The van der Waals surface area contributed by atoms with E-state index in [0.29, 0.717) is 18.2 Å². The highest BCUT2D eigenvalue weighted by Gasteiger charge is 2.39. The van der Waals surface area contributed by atoms with Gasteiger partial charge in [-0.05, 0) is 25.8 Å². The van der Waals surface area contributed by atoms with Crippen molar-refractivity contribution in [2.45, 2.75) is 69.9 Å². The number of carbonyl (C=O) groups is 4. The van der Waals surface area contributed by atoms with Crippen molar-refractivity contribution < 1.29 is 74.0 Å². The van der Waals surface area contributed by atoms with E-state index >= 15 is 0 Å². The Hall–Kier alpha value is -4.16. The summed E-state index contributed by atoms with van der Waals surface area (Å²) in [6.07, 6.45) is -7.04. The quantitative estimate of drug-likeness (QED) is 0.0673. The molecule has 0 aliphatic carbocycles. The van der Waals surface area contributed by atoms with Crippen LogP contribution in [0.4, 0.5) is 49.4 Å². The first-order valence-corrected chi connectivity index (χ1v) is 13.3. The summed E-state index contributed by atoms with van der Waals surface area (Å²) >= 11 is 1.37. The Kier molecular flexibility index (Phi) is 24.3. The number of hydrogen-bond acceptors (Lipinski definition) is 10. The summed E-state index contributed by atoms with van der Waals surface area (Å²) in [6.45, 7) is 1.91. The van der Waals surface area contributed by atoms with E-state index in [4.69, 9.17) is 46.9 Å². The zero-order valence-corrected chi connectivity index (χ0v) is 24.5. The minimum Gasteiger partial charge on any atom is -0.475 e. The molecule has 46 heavy (non-hydrogen) atoms. The third-order valence-corrected chi connectivity index (χ3v) is 5.01. The maximum absolute atomic E-state index is 11.7. The van der Waals surface area contributed by atoms with E-state index in [0.717, 1.165) is 43.7 Å². The molecule has 1 rings (SSSR count). The van der Waals surface area contributed by atoms with E-state index in [9.17, 15) is 44.3 Å². The van der Waals surface area contributed by atoms with Gasteiger partial charge < -0.3 is 37.8 Å². The first-order valence-electron chi connectivity index (χ1n) is 12.5. The van der Waals surface area contributed by atoms with Crippen LogP contribution in [-0.2, 0) is 20.8 Å². The monoisotopic (exact) mass is 712 g/mol. The largest absolute Gasteiger partial charge is 0.490 e. The third kappa shape index (κ3) is 31.3. The van der Waals surface area contributed by atoms with E-state index < -0.39 is 36.4 Å². The second kappa shape index (κ2) is 24.1. The molecule has 0 radical (unpaired) electrons. The minimum atomic E-state index is -5.08. The highest BCUT2D eigenvalue weighted by molar-refractivity contribution is 7.15. The van der Waals surface area contributed by atoms with Gasteiger partial charge in [-0.2, -0.15) is 39.5 Å². The average molecular weight is 713 g/mol. The Bertz CT molecular complexity index is 1010. The van der Waals surface area contributed by atoms with Crippen molar-refractivity contribution >= 4 is 46.4 Å². The molecule has 0 fully saturated rings. The summed E-state index contributed by atoms with van der Waals surface area (Å²) in [5.74, 6) is -8.15. The second-order valence-electron chi connectivity index (χ2n) is 8.10. The maximum atomic E-state index is 11.7. The van der Waals surface area contributed by atoms with Gasteiger partial charge in [-0.3, -0.25) is 10.3 Å². The molecule has 1 heterocycles. The lowest BCUT2D eigenvalue weighted by Crippen LogP contribution is -2.43. The fourth-order valence-corrected chi connectivity index (χ4v) is 2.83. The lowest BCUT2D eigenvalue weighted by molar-refractivity contribution is -0.193. The number of alkyl halides is 9.